The predicted octanol–water partition coefficient (Wildman–Crippen LogP) is 6.65. The minimum absolute atomic E-state index is 0.0208. The van der Waals surface area contributed by atoms with E-state index in [2.05, 4.69) is 111 Å². The molecule has 6 heteroatoms. The number of aliphatic hydroxyl groups is 1. The van der Waals surface area contributed by atoms with E-state index >= 15 is 0 Å². The van der Waals surface area contributed by atoms with Crippen LogP contribution < -0.4 is 0 Å². The van der Waals surface area contributed by atoms with Crippen LogP contribution in [0.4, 0.5) is 0 Å². The zero-order valence-electron chi connectivity index (χ0n) is 23.2. The summed E-state index contributed by atoms with van der Waals surface area (Å²) in [4.78, 5) is 14.0. The predicted molar refractivity (Wildman–Crippen MR) is 158 cm³/mol. The van der Waals surface area contributed by atoms with Crippen LogP contribution in [0.3, 0.4) is 0 Å². The van der Waals surface area contributed by atoms with Crippen LogP contribution in [0, 0.1) is 5.92 Å². The van der Waals surface area contributed by atoms with Crippen molar-refractivity contribution in [3.05, 3.63) is 108 Å². The van der Waals surface area contributed by atoms with Gasteiger partial charge in [0, 0.05) is 0 Å². The van der Waals surface area contributed by atoms with Crippen molar-refractivity contribution in [3.8, 4) is 0 Å². The Morgan fingerprint density at radius 3 is 1.58 bits per heavy atom. The van der Waals surface area contributed by atoms with E-state index < -0.39 is 25.0 Å². The molecule has 5 atom stereocenters. The second kappa shape index (κ2) is 9.98. The highest BCUT2D eigenvalue weighted by molar-refractivity contribution is 8.01. The van der Waals surface area contributed by atoms with Gasteiger partial charge in [0.05, 0.1) is 28.2 Å². The third-order valence-corrected chi connectivity index (χ3v) is 16.2. The molecular weight excluding hydrogens is 507 g/mol. The van der Waals surface area contributed by atoms with E-state index in [-0.39, 0.29) is 28.5 Å². The monoisotopic (exact) mass is 545 g/mol. The normalized spacial score (nSPS) is 24.6. The lowest BCUT2D eigenvalue weighted by Crippen LogP contribution is -2.74. The lowest BCUT2D eigenvalue weighted by Gasteiger charge is -2.60. The van der Waals surface area contributed by atoms with Gasteiger partial charge in [0.25, 0.3) is 0 Å². The van der Waals surface area contributed by atoms with Crippen LogP contribution in [0.5, 0.6) is 0 Å². The standard InChI is InChI=1S/C32H39NO3SSi/c1-22-28(36-22)27(34)26-29(35)33(38(5,6)31(2,3)4)30(26)37-32(23-16-10-7-11-17-23,24-18-12-8-13-19-24)25-20-14-9-15-21-25/h7-22,26-28,30,34H,1-6H3. The molecule has 3 aromatic rings. The number of benzene rings is 3. The molecule has 0 spiro atoms. The molecule has 3 aromatic carbocycles. The average Bonchev–Trinajstić information content (AvgIpc) is 3.64. The van der Waals surface area contributed by atoms with E-state index in [1.54, 1.807) is 11.8 Å². The Hall–Kier alpha value is -2.38. The molecule has 2 fully saturated rings. The minimum Gasteiger partial charge on any atom is -0.389 e. The van der Waals surface area contributed by atoms with Crippen LogP contribution in [0.15, 0.2) is 91.0 Å². The number of aliphatic hydroxyl groups excluding tert-OH is 1. The van der Waals surface area contributed by atoms with Gasteiger partial charge in [-0.1, -0.05) is 125 Å². The molecule has 1 N–H and O–H groups in total. The van der Waals surface area contributed by atoms with Crippen molar-refractivity contribution < 1.29 is 14.6 Å². The maximum absolute atomic E-state index is 14.0. The first kappa shape index (κ1) is 27.2. The van der Waals surface area contributed by atoms with Crippen LogP contribution in [0.25, 0.3) is 0 Å². The van der Waals surface area contributed by atoms with Gasteiger partial charge in [-0.3, -0.25) is 4.79 Å². The second-order valence-electron chi connectivity index (χ2n) is 12.1. The molecule has 2 aliphatic rings. The minimum atomic E-state index is -2.26. The lowest BCUT2D eigenvalue weighted by molar-refractivity contribution is -0.150. The third kappa shape index (κ3) is 4.45. The molecule has 5 rings (SSSR count). The van der Waals surface area contributed by atoms with E-state index in [9.17, 15) is 9.90 Å². The molecule has 200 valence electrons. The summed E-state index contributed by atoms with van der Waals surface area (Å²) in [5.74, 6) is -0.452. The van der Waals surface area contributed by atoms with Crippen LogP contribution in [0.2, 0.25) is 18.1 Å². The summed E-state index contributed by atoms with van der Waals surface area (Å²) in [6, 6.07) is 31.7. The molecule has 5 unspecified atom stereocenters. The van der Waals surface area contributed by atoms with Crippen molar-refractivity contribution >= 4 is 25.9 Å². The molecule has 1 amide bonds. The van der Waals surface area contributed by atoms with Crippen molar-refractivity contribution in [3.63, 3.8) is 0 Å². The topological polar surface area (TPSA) is 53.1 Å². The first-order valence-corrected chi connectivity index (χ1v) is 17.3. The number of β-lactam (4-membered cyclic amide) rings is 1. The molecule has 38 heavy (non-hydrogen) atoms. The van der Waals surface area contributed by atoms with Gasteiger partial charge in [0.1, 0.15) is 6.10 Å². The largest absolute Gasteiger partial charge is 0.389 e. The maximum atomic E-state index is 14.0. The number of carbonyl (C=O) groups excluding carboxylic acids is 1. The SMILES string of the molecule is CC1OC1C(O)C1C(=O)N([Si](C)(C)C(C)(C)C)C1SC(c1ccccc1)(c1ccccc1)c1ccccc1. The third-order valence-electron chi connectivity index (χ3n) is 8.82. The van der Waals surface area contributed by atoms with Crippen molar-refractivity contribution in [2.75, 3.05) is 0 Å². The van der Waals surface area contributed by atoms with Crippen molar-refractivity contribution in [1.29, 1.82) is 0 Å². The summed E-state index contributed by atoms with van der Waals surface area (Å²) in [7, 11) is -2.26. The quantitative estimate of drug-likeness (QED) is 0.149. The van der Waals surface area contributed by atoms with Gasteiger partial charge in [-0.15, -0.1) is 11.8 Å². The molecule has 0 radical (unpaired) electrons. The number of amides is 1. The number of ether oxygens (including phenoxy) is 1. The van der Waals surface area contributed by atoms with E-state index in [1.165, 1.54) is 0 Å². The van der Waals surface area contributed by atoms with Gasteiger partial charge in [-0.05, 0) is 28.7 Å². The first-order chi connectivity index (χ1) is 18.0. The molecule has 2 aliphatic heterocycles. The van der Waals surface area contributed by atoms with Crippen LogP contribution in [-0.2, 0) is 14.3 Å². The molecule has 2 saturated heterocycles. The average molecular weight is 546 g/mol. The van der Waals surface area contributed by atoms with Crippen molar-refractivity contribution in [1.82, 2.24) is 4.57 Å². The Labute approximate surface area is 232 Å². The zero-order chi connectivity index (χ0) is 27.3. The Kier molecular flexibility index (Phi) is 7.14. The fourth-order valence-corrected chi connectivity index (χ4v) is 10.5. The van der Waals surface area contributed by atoms with Gasteiger partial charge < -0.3 is 14.4 Å². The lowest BCUT2D eigenvalue weighted by atomic mass is 9.84. The Bertz CT molecular complexity index is 1170. The fraction of sp³-hybridized carbons (Fsp3) is 0.406. The van der Waals surface area contributed by atoms with Gasteiger partial charge in [0.15, 0.2) is 8.24 Å². The van der Waals surface area contributed by atoms with E-state index in [4.69, 9.17) is 4.74 Å². The summed E-state index contributed by atoms with van der Waals surface area (Å²) in [6.45, 7) is 13.3. The molecule has 0 aliphatic carbocycles. The summed E-state index contributed by atoms with van der Waals surface area (Å²) in [6.07, 6.45) is -1.13. The molecule has 2 heterocycles. The molecule has 0 saturated carbocycles. The van der Waals surface area contributed by atoms with Gasteiger partial charge >= 0.3 is 0 Å². The zero-order valence-corrected chi connectivity index (χ0v) is 25.0. The number of epoxide rings is 1. The second-order valence-corrected chi connectivity index (χ2v) is 18.6. The van der Waals surface area contributed by atoms with Crippen molar-refractivity contribution in [2.24, 2.45) is 5.92 Å². The van der Waals surface area contributed by atoms with Crippen molar-refractivity contribution in [2.45, 2.75) is 74.3 Å². The van der Waals surface area contributed by atoms with Gasteiger partial charge in [-0.2, -0.15) is 0 Å². The van der Waals surface area contributed by atoms with E-state index in [0.29, 0.717) is 0 Å². The Morgan fingerprint density at radius 1 is 0.842 bits per heavy atom. The summed E-state index contributed by atoms with van der Waals surface area (Å²) >= 11 is 1.80. The van der Waals surface area contributed by atoms with Crippen LogP contribution >= 0.6 is 11.8 Å². The highest BCUT2D eigenvalue weighted by Gasteiger charge is 2.64. The first-order valence-electron chi connectivity index (χ1n) is 13.5. The highest BCUT2D eigenvalue weighted by Crippen LogP contribution is 2.58. The molecular formula is C32H39NO3SSi. The number of rotatable bonds is 8. The summed E-state index contributed by atoms with van der Waals surface area (Å²) in [5.41, 5.74) is 3.46. The summed E-state index contributed by atoms with van der Waals surface area (Å²) < 4.78 is 7.27. The van der Waals surface area contributed by atoms with E-state index in [0.717, 1.165) is 16.7 Å². The fourth-order valence-electron chi connectivity index (χ4n) is 5.55. The number of thioether (sulfide) groups is 1. The Balaban J connectivity index is 1.70. The van der Waals surface area contributed by atoms with Gasteiger partial charge in [-0.25, -0.2) is 0 Å². The molecule has 0 aromatic heterocycles. The number of carbonyl (C=O) groups is 1. The van der Waals surface area contributed by atoms with Crippen LogP contribution in [0.1, 0.15) is 44.4 Å². The molecule has 4 nitrogen and oxygen atoms in total. The van der Waals surface area contributed by atoms with Crippen LogP contribution in [-0.4, -0.2) is 47.5 Å². The number of hydrogen-bond donors (Lipinski definition) is 1. The van der Waals surface area contributed by atoms with Gasteiger partial charge in [0.2, 0.25) is 5.91 Å². The Morgan fingerprint density at radius 2 is 1.24 bits per heavy atom. The highest BCUT2D eigenvalue weighted by atomic mass is 32.2. The number of hydrogen-bond acceptors (Lipinski definition) is 4. The van der Waals surface area contributed by atoms with E-state index in [1.807, 2.05) is 25.1 Å². The number of nitrogens with zero attached hydrogens (tertiary/aromatic N) is 1. The molecule has 0 bridgehead atoms. The summed E-state index contributed by atoms with van der Waals surface area (Å²) in [5, 5.41) is 11.2. The maximum Gasteiger partial charge on any atom is 0.224 e. The smallest absolute Gasteiger partial charge is 0.224 e.